The average molecular weight is 274 g/mol. The molecule has 7 heteroatoms. The van der Waals surface area contributed by atoms with Crippen LogP contribution in [0.4, 0.5) is 4.79 Å². The number of nitrogens with zero attached hydrogens (tertiary/aromatic N) is 1. The highest BCUT2D eigenvalue weighted by Gasteiger charge is 2.25. The molecule has 0 spiro atoms. The van der Waals surface area contributed by atoms with Crippen molar-refractivity contribution in [3.05, 3.63) is 0 Å². The van der Waals surface area contributed by atoms with E-state index < -0.39 is 12.0 Å². The maximum Gasteiger partial charge on any atom is 0.323 e. The minimum atomic E-state index is -1.05. The Balaban J connectivity index is 2.47. The van der Waals surface area contributed by atoms with E-state index in [9.17, 15) is 9.59 Å². The van der Waals surface area contributed by atoms with Crippen LogP contribution in [-0.4, -0.2) is 67.6 Å². The molecule has 2 N–H and O–H groups in total. The average Bonchev–Trinajstić information content (AvgIpc) is 2.87. The second-order valence-electron chi connectivity index (χ2n) is 4.60. The number of carbonyl (C=O) groups is 2. The van der Waals surface area contributed by atoms with Gasteiger partial charge in [-0.1, -0.05) is 0 Å². The maximum absolute atomic E-state index is 12.0. The van der Waals surface area contributed by atoms with Gasteiger partial charge in [0.15, 0.2) is 0 Å². The molecule has 1 aliphatic rings. The fraction of sp³-hybridized carbons (Fsp3) is 0.833. The van der Waals surface area contributed by atoms with E-state index in [0.717, 1.165) is 12.8 Å². The van der Waals surface area contributed by atoms with Gasteiger partial charge in [-0.25, -0.2) is 4.79 Å². The first kappa shape index (κ1) is 15.7. The van der Waals surface area contributed by atoms with Gasteiger partial charge in [-0.2, -0.15) is 0 Å². The standard InChI is InChI=1S/C12H22N2O5/c1-9(10-4-3-6-19-10)13-12(17)14(5-7-18-2)8-11(15)16/h9-10H,3-8H2,1-2H3,(H,13,17)(H,15,16). The quantitative estimate of drug-likeness (QED) is 0.697. The largest absolute Gasteiger partial charge is 0.480 e. The van der Waals surface area contributed by atoms with E-state index in [-0.39, 0.29) is 25.2 Å². The zero-order chi connectivity index (χ0) is 14.3. The topological polar surface area (TPSA) is 88.1 Å². The monoisotopic (exact) mass is 274 g/mol. The van der Waals surface area contributed by atoms with Crippen molar-refractivity contribution in [1.82, 2.24) is 10.2 Å². The minimum absolute atomic E-state index is 0.0121. The molecule has 0 aromatic rings. The predicted molar refractivity (Wildman–Crippen MR) is 68.1 cm³/mol. The molecule has 1 fully saturated rings. The van der Waals surface area contributed by atoms with Gasteiger partial charge >= 0.3 is 12.0 Å². The molecule has 2 unspecified atom stereocenters. The highest BCUT2D eigenvalue weighted by molar-refractivity contribution is 5.80. The third kappa shape index (κ3) is 5.44. The number of nitrogens with one attached hydrogen (secondary N) is 1. The predicted octanol–water partition coefficient (Wildman–Crippen LogP) is 0.297. The third-order valence-electron chi connectivity index (χ3n) is 3.05. The number of hydrogen-bond acceptors (Lipinski definition) is 4. The molecule has 2 amide bonds. The summed E-state index contributed by atoms with van der Waals surface area (Å²) < 4.78 is 10.4. The summed E-state index contributed by atoms with van der Waals surface area (Å²) in [7, 11) is 1.51. The van der Waals surface area contributed by atoms with Crippen LogP contribution in [0.5, 0.6) is 0 Å². The number of carboxylic acids is 1. The lowest BCUT2D eigenvalue weighted by molar-refractivity contribution is -0.137. The number of methoxy groups -OCH3 is 1. The first-order valence-corrected chi connectivity index (χ1v) is 6.42. The molecule has 0 aromatic carbocycles. The van der Waals surface area contributed by atoms with Gasteiger partial charge in [0.25, 0.3) is 0 Å². The van der Waals surface area contributed by atoms with E-state index in [4.69, 9.17) is 14.6 Å². The van der Waals surface area contributed by atoms with Crippen molar-refractivity contribution in [2.24, 2.45) is 0 Å². The van der Waals surface area contributed by atoms with Gasteiger partial charge in [-0.15, -0.1) is 0 Å². The Morgan fingerprint density at radius 2 is 2.32 bits per heavy atom. The van der Waals surface area contributed by atoms with E-state index in [0.29, 0.717) is 13.2 Å². The Morgan fingerprint density at radius 1 is 1.58 bits per heavy atom. The Morgan fingerprint density at radius 3 is 2.84 bits per heavy atom. The summed E-state index contributed by atoms with van der Waals surface area (Å²) in [5.41, 5.74) is 0. The molecule has 0 radical (unpaired) electrons. The second-order valence-corrected chi connectivity index (χ2v) is 4.60. The summed E-state index contributed by atoms with van der Waals surface area (Å²) >= 11 is 0. The molecule has 1 rings (SSSR count). The lowest BCUT2D eigenvalue weighted by atomic mass is 10.1. The summed E-state index contributed by atoms with van der Waals surface area (Å²) in [5.74, 6) is -1.05. The minimum Gasteiger partial charge on any atom is -0.480 e. The fourth-order valence-corrected chi connectivity index (χ4v) is 1.99. The number of carboxylic acid groups (broad SMARTS) is 1. The van der Waals surface area contributed by atoms with Crippen LogP contribution >= 0.6 is 0 Å². The third-order valence-corrected chi connectivity index (χ3v) is 3.05. The SMILES string of the molecule is COCCN(CC(=O)O)C(=O)NC(C)C1CCCO1. The number of rotatable bonds is 7. The smallest absolute Gasteiger partial charge is 0.323 e. The first-order valence-electron chi connectivity index (χ1n) is 6.42. The molecule has 1 heterocycles. The summed E-state index contributed by atoms with van der Waals surface area (Å²) in [6.45, 7) is 2.78. The molecule has 1 aliphatic heterocycles. The van der Waals surface area contributed by atoms with Crippen molar-refractivity contribution in [3.8, 4) is 0 Å². The van der Waals surface area contributed by atoms with E-state index in [1.807, 2.05) is 6.92 Å². The van der Waals surface area contributed by atoms with Crippen molar-refractivity contribution in [2.45, 2.75) is 31.9 Å². The van der Waals surface area contributed by atoms with Crippen LogP contribution in [0, 0.1) is 0 Å². The van der Waals surface area contributed by atoms with E-state index in [2.05, 4.69) is 5.32 Å². The maximum atomic E-state index is 12.0. The van der Waals surface area contributed by atoms with Crippen molar-refractivity contribution in [2.75, 3.05) is 33.4 Å². The van der Waals surface area contributed by atoms with Gasteiger partial charge in [0, 0.05) is 20.3 Å². The number of hydrogen-bond donors (Lipinski definition) is 2. The molecule has 110 valence electrons. The number of urea groups is 1. The molecule has 0 aromatic heterocycles. The summed E-state index contributed by atoms with van der Waals surface area (Å²) in [4.78, 5) is 23.9. The van der Waals surface area contributed by atoms with Crippen LogP contribution in [0.3, 0.4) is 0 Å². The van der Waals surface area contributed by atoms with Crippen LogP contribution in [0.25, 0.3) is 0 Å². The van der Waals surface area contributed by atoms with E-state index >= 15 is 0 Å². The Labute approximate surface area is 112 Å². The summed E-state index contributed by atoms with van der Waals surface area (Å²) in [6, 6.07) is -0.531. The van der Waals surface area contributed by atoms with Crippen LogP contribution in [0.1, 0.15) is 19.8 Å². The Hall–Kier alpha value is -1.34. The molecule has 2 atom stereocenters. The highest BCUT2D eigenvalue weighted by Crippen LogP contribution is 2.15. The Kier molecular flexibility index (Phi) is 6.58. The lowest BCUT2D eigenvalue weighted by Gasteiger charge is -2.25. The van der Waals surface area contributed by atoms with Gasteiger partial charge < -0.3 is 24.8 Å². The van der Waals surface area contributed by atoms with Crippen molar-refractivity contribution >= 4 is 12.0 Å². The zero-order valence-corrected chi connectivity index (χ0v) is 11.4. The molecular formula is C12H22N2O5. The molecule has 0 aliphatic carbocycles. The fourth-order valence-electron chi connectivity index (χ4n) is 1.99. The van der Waals surface area contributed by atoms with Gasteiger partial charge in [0.05, 0.1) is 18.8 Å². The van der Waals surface area contributed by atoms with Gasteiger partial charge in [0.2, 0.25) is 0 Å². The first-order chi connectivity index (χ1) is 9.04. The van der Waals surface area contributed by atoms with E-state index in [1.165, 1.54) is 12.0 Å². The second kappa shape index (κ2) is 7.96. The molecule has 0 bridgehead atoms. The van der Waals surface area contributed by atoms with Crippen molar-refractivity contribution in [3.63, 3.8) is 0 Å². The number of aliphatic carboxylic acids is 1. The van der Waals surface area contributed by atoms with E-state index in [1.54, 1.807) is 0 Å². The molecule has 19 heavy (non-hydrogen) atoms. The van der Waals surface area contributed by atoms with Crippen molar-refractivity contribution in [1.29, 1.82) is 0 Å². The summed E-state index contributed by atoms with van der Waals surface area (Å²) in [6.07, 6.45) is 1.92. The number of amides is 2. The van der Waals surface area contributed by atoms with Crippen LogP contribution in [0.15, 0.2) is 0 Å². The zero-order valence-electron chi connectivity index (χ0n) is 11.4. The van der Waals surface area contributed by atoms with Crippen LogP contribution in [-0.2, 0) is 14.3 Å². The molecular weight excluding hydrogens is 252 g/mol. The lowest BCUT2D eigenvalue weighted by Crippen LogP contribution is -2.50. The molecule has 7 nitrogen and oxygen atoms in total. The number of ether oxygens (including phenoxy) is 2. The highest BCUT2D eigenvalue weighted by atomic mass is 16.5. The summed E-state index contributed by atoms with van der Waals surface area (Å²) in [5, 5.41) is 11.6. The van der Waals surface area contributed by atoms with Gasteiger partial charge in [-0.3, -0.25) is 4.79 Å². The van der Waals surface area contributed by atoms with Gasteiger partial charge in [0.1, 0.15) is 6.54 Å². The Bertz CT molecular complexity index is 304. The number of carbonyl (C=O) groups excluding carboxylic acids is 1. The van der Waals surface area contributed by atoms with Crippen LogP contribution < -0.4 is 5.32 Å². The molecule has 0 saturated carbocycles. The molecule has 1 saturated heterocycles. The normalized spacial score (nSPS) is 20.0. The van der Waals surface area contributed by atoms with Crippen LogP contribution in [0.2, 0.25) is 0 Å². The van der Waals surface area contributed by atoms with Gasteiger partial charge in [-0.05, 0) is 19.8 Å². The van der Waals surface area contributed by atoms with Crippen molar-refractivity contribution < 1.29 is 24.2 Å².